The molecule has 2 aliphatic rings. The highest BCUT2D eigenvalue weighted by Gasteiger charge is 2.32. The Morgan fingerprint density at radius 3 is 1.97 bits per heavy atom. The first-order valence-corrected chi connectivity index (χ1v) is 11.5. The zero-order valence-electron chi connectivity index (χ0n) is 20.6. The van der Waals surface area contributed by atoms with Crippen LogP contribution in [0.2, 0.25) is 0 Å². The second-order valence-electron chi connectivity index (χ2n) is 8.24. The number of amides is 1. The van der Waals surface area contributed by atoms with Gasteiger partial charge in [-0.2, -0.15) is 0 Å². The Kier molecular flexibility index (Phi) is 7.74. The molecule has 0 spiro atoms. The summed E-state index contributed by atoms with van der Waals surface area (Å²) in [5.74, 6) is -0.563. The highest BCUT2D eigenvalue weighted by atomic mass is 16.5. The molecule has 2 heterocycles. The number of rotatable bonds is 6. The topological polar surface area (TPSA) is 97.9 Å². The van der Waals surface area contributed by atoms with Crippen LogP contribution in [0.25, 0.3) is 0 Å². The lowest BCUT2D eigenvalue weighted by molar-refractivity contribution is -0.140. The van der Waals surface area contributed by atoms with Crippen LogP contribution in [0, 0.1) is 0 Å². The summed E-state index contributed by atoms with van der Waals surface area (Å²) in [4.78, 5) is 43.2. The molecular weight excluding hydrogens is 466 g/mol. The average molecular weight is 496 g/mol. The lowest BCUT2D eigenvalue weighted by Gasteiger charge is -2.36. The van der Waals surface area contributed by atoms with Gasteiger partial charge in [0.2, 0.25) is 0 Å². The molecule has 2 aromatic rings. The summed E-state index contributed by atoms with van der Waals surface area (Å²) >= 11 is 0. The third-order valence-corrected chi connectivity index (χ3v) is 6.26. The van der Waals surface area contributed by atoms with E-state index in [-0.39, 0.29) is 30.5 Å². The predicted octanol–water partition coefficient (Wildman–Crippen LogP) is 2.05. The molecule has 1 amide bonds. The van der Waals surface area contributed by atoms with Crippen molar-refractivity contribution < 1.29 is 33.3 Å². The molecule has 2 aliphatic heterocycles. The van der Waals surface area contributed by atoms with Gasteiger partial charge in [-0.15, -0.1) is 0 Å². The van der Waals surface area contributed by atoms with E-state index in [0.29, 0.717) is 43.2 Å². The summed E-state index contributed by atoms with van der Waals surface area (Å²) in [6.45, 7) is 2.64. The number of esters is 2. The Morgan fingerprint density at radius 2 is 1.39 bits per heavy atom. The normalized spacial score (nSPS) is 16.0. The van der Waals surface area contributed by atoms with Crippen LogP contribution in [-0.4, -0.2) is 83.6 Å². The number of anilines is 2. The van der Waals surface area contributed by atoms with Crippen molar-refractivity contribution in [3.05, 3.63) is 65.4 Å². The molecule has 0 radical (unpaired) electrons. The van der Waals surface area contributed by atoms with Gasteiger partial charge in [0.25, 0.3) is 5.91 Å². The van der Waals surface area contributed by atoms with E-state index in [2.05, 4.69) is 4.90 Å². The minimum atomic E-state index is -0.640. The molecule has 0 N–H and O–H groups in total. The highest BCUT2D eigenvalue weighted by Crippen LogP contribution is 2.29. The number of hydrogen-bond acceptors (Lipinski definition) is 9. The Morgan fingerprint density at radius 1 is 0.778 bits per heavy atom. The summed E-state index contributed by atoms with van der Waals surface area (Å²) in [5, 5.41) is 0. The van der Waals surface area contributed by atoms with Gasteiger partial charge in [0.05, 0.1) is 33.5 Å². The molecule has 0 unspecified atom stereocenters. The van der Waals surface area contributed by atoms with Crippen LogP contribution in [0.15, 0.2) is 59.8 Å². The third kappa shape index (κ3) is 5.13. The maximum Gasteiger partial charge on any atom is 0.355 e. The van der Waals surface area contributed by atoms with Crippen molar-refractivity contribution in [2.45, 2.75) is 0 Å². The highest BCUT2D eigenvalue weighted by molar-refractivity contribution is 6.03. The number of hydrogen-bond donors (Lipinski definition) is 0. The number of benzene rings is 2. The van der Waals surface area contributed by atoms with Crippen LogP contribution < -0.4 is 14.5 Å². The van der Waals surface area contributed by atoms with Gasteiger partial charge in [-0.1, -0.05) is 0 Å². The quantitative estimate of drug-likeness (QED) is 0.558. The standard InChI is InChI=1S/C26H29N3O7/c1-33-21-10-4-18(5-11-21)24(30)28-14-12-27(13-15-28)19-6-8-20(9-7-19)29-17-36-16-22(25(31)34-2)23(29)26(32)35-3/h4-11H,12-17H2,1-3H3. The van der Waals surface area contributed by atoms with Gasteiger partial charge in [0.15, 0.2) is 0 Å². The summed E-state index contributed by atoms with van der Waals surface area (Å²) in [7, 11) is 4.11. The van der Waals surface area contributed by atoms with Crippen molar-refractivity contribution in [1.29, 1.82) is 0 Å². The Balaban J connectivity index is 1.44. The van der Waals surface area contributed by atoms with E-state index in [1.807, 2.05) is 29.2 Å². The molecule has 36 heavy (non-hydrogen) atoms. The second kappa shape index (κ2) is 11.1. The molecule has 0 bridgehead atoms. The van der Waals surface area contributed by atoms with E-state index in [0.717, 1.165) is 5.69 Å². The van der Waals surface area contributed by atoms with Gasteiger partial charge in [-0.25, -0.2) is 9.59 Å². The number of piperazine rings is 1. The molecule has 0 saturated carbocycles. The minimum absolute atomic E-state index is 0.00119. The number of methoxy groups -OCH3 is 3. The number of carbonyl (C=O) groups excluding carboxylic acids is 3. The van der Waals surface area contributed by atoms with Gasteiger partial charge < -0.3 is 33.6 Å². The Hall–Kier alpha value is -4.05. The van der Waals surface area contributed by atoms with Crippen LogP contribution in [0.3, 0.4) is 0 Å². The smallest absolute Gasteiger partial charge is 0.355 e. The summed E-state index contributed by atoms with van der Waals surface area (Å²) < 4.78 is 20.4. The molecule has 1 fully saturated rings. The maximum atomic E-state index is 12.8. The summed E-state index contributed by atoms with van der Waals surface area (Å²) in [6.07, 6.45) is 0. The van der Waals surface area contributed by atoms with Crippen molar-refractivity contribution in [2.75, 3.05) is 70.6 Å². The van der Waals surface area contributed by atoms with Crippen molar-refractivity contribution in [1.82, 2.24) is 4.90 Å². The van der Waals surface area contributed by atoms with Gasteiger partial charge in [0.1, 0.15) is 18.2 Å². The third-order valence-electron chi connectivity index (χ3n) is 6.26. The van der Waals surface area contributed by atoms with E-state index < -0.39 is 11.9 Å². The maximum absolute atomic E-state index is 12.8. The fraction of sp³-hybridized carbons (Fsp3) is 0.346. The molecule has 0 aromatic heterocycles. The second-order valence-corrected chi connectivity index (χ2v) is 8.24. The lowest BCUT2D eigenvalue weighted by Crippen LogP contribution is -2.48. The zero-order valence-corrected chi connectivity index (χ0v) is 20.6. The van der Waals surface area contributed by atoms with Gasteiger partial charge in [-0.3, -0.25) is 4.79 Å². The molecule has 2 aromatic carbocycles. The Labute approximate surface area is 209 Å². The molecule has 0 atom stereocenters. The van der Waals surface area contributed by atoms with Crippen LogP contribution in [0.1, 0.15) is 10.4 Å². The minimum Gasteiger partial charge on any atom is -0.497 e. The predicted molar refractivity (Wildman–Crippen MR) is 132 cm³/mol. The van der Waals surface area contributed by atoms with E-state index in [4.69, 9.17) is 18.9 Å². The zero-order chi connectivity index (χ0) is 25.7. The molecule has 10 heteroatoms. The van der Waals surface area contributed by atoms with E-state index >= 15 is 0 Å². The van der Waals surface area contributed by atoms with Gasteiger partial charge in [-0.05, 0) is 48.5 Å². The number of ether oxygens (including phenoxy) is 4. The monoisotopic (exact) mass is 495 g/mol. The molecular formula is C26H29N3O7. The lowest BCUT2D eigenvalue weighted by atomic mass is 10.1. The van der Waals surface area contributed by atoms with E-state index in [1.54, 1.807) is 36.3 Å². The van der Waals surface area contributed by atoms with Crippen LogP contribution in [0.5, 0.6) is 5.75 Å². The molecule has 10 nitrogen and oxygen atoms in total. The fourth-order valence-electron chi connectivity index (χ4n) is 4.27. The van der Waals surface area contributed by atoms with Crippen LogP contribution >= 0.6 is 0 Å². The average Bonchev–Trinajstić information content (AvgIpc) is 2.95. The first kappa shape index (κ1) is 25.1. The van der Waals surface area contributed by atoms with Crippen molar-refractivity contribution in [2.24, 2.45) is 0 Å². The van der Waals surface area contributed by atoms with Gasteiger partial charge >= 0.3 is 11.9 Å². The largest absolute Gasteiger partial charge is 0.497 e. The van der Waals surface area contributed by atoms with Crippen LogP contribution in [0.4, 0.5) is 11.4 Å². The van der Waals surface area contributed by atoms with Crippen molar-refractivity contribution in [3.63, 3.8) is 0 Å². The van der Waals surface area contributed by atoms with E-state index in [9.17, 15) is 14.4 Å². The van der Waals surface area contributed by atoms with Crippen molar-refractivity contribution in [3.8, 4) is 5.75 Å². The van der Waals surface area contributed by atoms with Crippen LogP contribution in [-0.2, 0) is 23.8 Å². The van der Waals surface area contributed by atoms with Gasteiger partial charge in [0, 0.05) is 43.1 Å². The fourth-order valence-corrected chi connectivity index (χ4v) is 4.27. The molecule has 190 valence electrons. The number of carbonyl (C=O) groups is 3. The molecule has 4 rings (SSSR count). The summed E-state index contributed by atoms with van der Waals surface area (Å²) in [5.41, 5.74) is 2.52. The molecule has 1 saturated heterocycles. The van der Waals surface area contributed by atoms with E-state index in [1.165, 1.54) is 14.2 Å². The molecule has 0 aliphatic carbocycles. The van der Waals surface area contributed by atoms with Crippen molar-refractivity contribution >= 4 is 29.2 Å². The SMILES string of the molecule is COC(=O)C1=C(C(=O)OC)N(c2ccc(N3CCN(C(=O)c4ccc(OC)cc4)CC3)cc2)COC1. The summed E-state index contributed by atoms with van der Waals surface area (Å²) in [6, 6.07) is 14.7. The number of nitrogens with zero attached hydrogens (tertiary/aromatic N) is 3. The Bertz CT molecular complexity index is 1140. The first-order valence-electron chi connectivity index (χ1n) is 11.5. The first-order chi connectivity index (χ1) is 17.5.